The highest BCUT2D eigenvalue weighted by molar-refractivity contribution is 5.96. The largest absolute Gasteiger partial charge is 0.303 e. The third-order valence-corrected chi connectivity index (χ3v) is 4.66. The zero-order valence-electron chi connectivity index (χ0n) is 13.7. The lowest BCUT2D eigenvalue weighted by atomic mass is 10.0. The number of rotatable bonds is 7. The van der Waals surface area contributed by atoms with E-state index in [4.69, 9.17) is 0 Å². The van der Waals surface area contributed by atoms with Gasteiger partial charge in [-0.15, -0.1) is 0 Å². The Morgan fingerprint density at radius 3 is 2.48 bits per heavy atom. The van der Waals surface area contributed by atoms with E-state index in [2.05, 4.69) is 24.8 Å². The van der Waals surface area contributed by atoms with Crippen molar-refractivity contribution >= 4 is 5.78 Å². The molecule has 0 N–H and O–H groups in total. The van der Waals surface area contributed by atoms with Gasteiger partial charge in [0.1, 0.15) is 0 Å². The third-order valence-electron chi connectivity index (χ3n) is 4.66. The van der Waals surface area contributed by atoms with Crippen molar-refractivity contribution in [1.29, 1.82) is 0 Å². The topological polar surface area (TPSA) is 20.3 Å². The summed E-state index contributed by atoms with van der Waals surface area (Å²) in [6.07, 6.45) is 8.27. The number of carbonyl (C=O) groups is 1. The monoisotopic (exact) mass is 287 g/mol. The van der Waals surface area contributed by atoms with Gasteiger partial charge in [0.15, 0.2) is 5.78 Å². The summed E-state index contributed by atoms with van der Waals surface area (Å²) in [5, 5.41) is 0. The molecule has 1 aliphatic heterocycles. The summed E-state index contributed by atoms with van der Waals surface area (Å²) in [5.74, 6) is 0.302. The molecule has 0 atom stereocenters. The van der Waals surface area contributed by atoms with Crippen molar-refractivity contribution in [3.8, 4) is 0 Å². The second-order valence-electron chi connectivity index (χ2n) is 6.44. The van der Waals surface area contributed by atoms with E-state index in [-0.39, 0.29) is 0 Å². The summed E-state index contributed by atoms with van der Waals surface area (Å²) in [5.41, 5.74) is 3.35. The lowest BCUT2D eigenvalue weighted by Crippen LogP contribution is -2.30. The van der Waals surface area contributed by atoms with Gasteiger partial charge >= 0.3 is 0 Å². The van der Waals surface area contributed by atoms with Crippen molar-refractivity contribution in [3.05, 3.63) is 34.9 Å². The van der Waals surface area contributed by atoms with E-state index >= 15 is 0 Å². The van der Waals surface area contributed by atoms with Crippen LogP contribution in [0.25, 0.3) is 0 Å². The number of hydrogen-bond acceptors (Lipinski definition) is 2. The molecule has 0 unspecified atom stereocenters. The first-order valence-electron chi connectivity index (χ1n) is 8.49. The van der Waals surface area contributed by atoms with Crippen molar-refractivity contribution in [1.82, 2.24) is 4.90 Å². The van der Waals surface area contributed by atoms with E-state index in [0.29, 0.717) is 12.2 Å². The third kappa shape index (κ3) is 5.28. The Hall–Kier alpha value is -1.15. The standard InChI is InChI=1S/C19H29NO/c1-16-10-11-18(15-17(16)2)19(21)9-5-3-6-12-20-13-7-4-8-14-20/h10-11,15H,3-9,12-14H2,1-2H3. The van der Waals surface area contributed by atoms with Crippen LogP contribution in [0.15, 0.2) is 18.2 Å². The molecule has 0 amide bonds. The van der Waals surface area contributed by atoms with Gasteiger partial charge in [-0.2, -0.15) is 0 Å². The molecule has 1 aliphatic rings. The summed E-state index contributed by atoms with van der Waals surface area (Å²) >= 11 is 0. The second-order valence-corrected chi connectivity index (χ2v) is 6.44. The Kier molecular flexibility index (Phi) is 6.44. The van der Waals surface area contributed by atoms with E-state index < -0.39 is 0 Å². The fraction of sp³-hybridized carbons (Fsp3) is 0.632. The molecule has 0 bridgehead atoms. The molecule has 0 radical (unpaired) electrons. The highest BCUT2D eigenvalue weighted by Gasteiger charge is 2.10. The number of aryl methyl sites for hydroxylation is 2. The van der Waals surface area contributed by atoms with Crippen LogP contribution < -0.4 is 0 Å². The average molecular weight is 287 g/mol. The number of hydrogen-bond donors (Lipinski definition) is 0. The van der Waals surface area contributed by atoms with Crippen molar-refractivity contribution in [3.63, 3.8) is 0 Å². The minimum Gasteiger partial charge on any atom is -0.303 e. The molecule has 0 saturated carbocycles. The lowest BCUT2D eigenvalue weighted by Gasteiger charge is -2.26. The minimum absolute atomic E-state index is 0.302. The van der Waals surface area contributed by atoms with Gasteiger partial charge in [-0.05, 0) is 76.4 Å². The van der Waals surface area contributed by atoms with Gasteiger partial charge in [-0.1, -0.05) is 25.0 Å². The SMILES string of the molecule is Cc1ccc(C(=O)CCCCCN2CCCCC2)cc1C. The normalized spacial score (nSPS) is 16.1. The highest BCUT2D eigenvalue weighted by atomic mass is 16.1. The van der Waals surface area contributed by atoms with Crippen LogP contribution in [0.2, 0.25) is 0 Å². The van der Waals surface area contributed by atoms with Crippen LogP contribution in [-0.4, -0.2) is 30.3 Å². The highest BCUT2D eigenvalue weighted by Crippen LogP contribution is 2.14. The molecule has 1 aromatic rings. The lowest BCUT2D eigenvalue weighted by molar-refractivity contribution is 0.0978. The van der Waals surface area contributed by atoms with Gasteiger partial charge in [0.05, 0.1) is 0 Å². The summed E-state index contributed by atoms with van der Waals surface area (Å²) < 4.78 is 0. The van der Waals surface area contributed by atoms with Gasteiger partial charge in [0, 0.05) is 12.0 Å². The van der Waals surface area contributed by atoms with Crippen LogP contribution in [0.3, 0.4) is 0 Å². The summed E-state index contributed by atoms with van der Waals surface area (Å²) in [7, 11) is 0. The van der Waals surface area contributed by atoms with Crippen molar-refractivity contribution < 1.29 is 4.79 Å². The zero-order valence-corrected chi connectivity index (χ0v) is 13.7. The van der Waals surface area contributed by atoms with Crippen LogP contribution >= 0.6 is 0 Å². The maximum Gasteiger partial charge on any atom is 0.162 e. The molecule has 0 spiro atoms. The molecule has 1 saturated heterocycles. The van der Waals surface area contributed by atoms with Crippen molar-refractivity contribution in [2.45, 2.75) is 58.8 Å². The maximum atomic E-state index is 12.2. The van der Waals surface area contributed by atoms with Gasteiger partial charge in [0.2, 0.25) is 0 Å². The molecule has 0 aliphatic carbocycles. The zero-order chi connectivity index (χ0) is 15.1. The van der Waals surface area contributed by atoms with Gasteiger partial charge in [0.25, 0.3) is 0 Å². The predicted molar refractivity (Wildman–Crippen MR) is 89.0 cm³/mol. The van der Waals surface area contributed by atoms with Crippen LogP contribution in [0, 0.1) is 13.8 Å². The molecule has 2 heteroatoms. The number of carbonyl (C=O) groups excluding carboxylic acids is 1. The number of benzene rings is 1. The number of likely N-dealkylation sites (tertiary alicyclic amines) is 1. The van der Waals surface area contributed by atoms with Crippen LogP contribution in [0.5, 0.6) is 0 Å². The van der Waals surface area contributed by atoms with E-state index in [1.54, 1.807) is 0 Å². The average Bonchev–Trinajstić information content (AvgIpc) is 2.50. The molecule has 1 aromatic carbocycles. The number of Topliss-reactive ketones (excluding diaryl/α,β-unsaturated/α-hetero) is 1. The molecule has 0 aromatic heterocycles. The first-order valence-corrected chi connectivity index (χ1v) is 8.49. The van der Waals surface area contributed by atoms with Gasteiger partial charge in [-0.3, -0.25) is 4.79 Å². The Labute approximate surface area is 129 Å². The van der Waals surface area contributed by atoms with Crippen LogP contribution in [0.1, 0.15) is 66.4 Å². The van der Waals surface area contributed by atoms with Crippen molar-refractivity contribution in [2.75, 3.05) is 19.6 Å². The summed E-state index contributed by atoms with van der Waals surface area (Å²) in [6.45, 7) is 7.94. The Bertz CT molecular complexity index is 461. The van der Waals surface area contributed by atoms with Crippen molar-refractivity contribution in [2.24, 2.45) is 0 Å². The van der Waals surface area contributed by atoms with E-state index in [9.17, 15) is 4.79 Å². The Morgan fingerprint density at radius 2 is 1.76 bits per heavy atom. The molecule has 21 heavy (non-hydrogen) atoms. The first kappa shape index (κ1) is 16.2. The fourth-order valence-electron chi connectivity index (χ4n) is 3.04. The number of ketones is 1. The van der Waals surface area contributed by atoms with Gasteiger partial charge < -0.3 is 4.90 Å². The smallest absolute Gasteiger partial charge is 0.162 e. The number of nitrogens with zero attached hydrogens (tertiary/aromatic N) is 1. The molecule has 2 nitrogen and oxygen atoms in total. The fourth-order valence-corrected chi connectivity index (χ4v) is 3.04. The first-order chi connectivity index (χ1) is 10.2. The van der Waals surface area contributed by atoms with E-state index in [0.717, 1.165) is 12.0 Å². The van der Waals surface area contributed by atoms with Crippen LogP contribution in [0.4, 0.5) is 0 Å². The minimum atomic E-state index is 0.302. The van der Waals surface area contributed by atoms with E-state index in [1.807, 2.05) is 12.1 Å². The molecule has 1 heterocycles. The predicted octanol–water partition coefficient (Wildman–Crippen LogP) is 4.53. The molecular formula is C19H29NO. The van der Waals surface area contributed by atoms with Gasteiger partial charge in [-0.25, -0.2) is 0 Å². The maximum absolute atomic E-state index is 12.2. The Balaban J connectivity index is 1.63. The number of unbranched alkanes of at least 4 members (excludes halogenated alkanes) is 2. The Morgan fingerprint density at radius 1 is 1.00 bits per heavy atom. The molecule has 2 rings (SSSR count). The molecule has 116 valence electrons. The van der Waals surface area contributed by atoms with Crippen LogP contribution in [-0.2, 0) is 0 Å². The summed E-state index contributed by atoms with van der Waals surface area (Å²) in [6, 6.07) is 6.06. The molecule has 1 fully saturated rings. The second kappa shape index (κ2) is 8.33. The number of piperidine rings is 1. The van der Waals surface area contributed by atoms with E-state index in [1.165, 1.54) is 62.9 Å². The quantitative estimate of drug-likeness (QED) is 0.542. The molecular weight excluding hydrogens is 258 g/mol. The summed E-state index contributed by atoms with van der Waals surface area (Å²) in [4.78, 5) is 14.7.